The van der Waals surface area contributed by atoms with E-state index in [0.29, 0.717) is 13.1 Å². The molecular formula is C12H16N2O. The van der Waals surface area contributed by atoms with Crippen molar-refractivity contribution >= 4 is 11.7 Å². The average Bonchev–Trinajstić information content (AvgIpc) is 2.27. The Kier molecular flexibility index (Phi) is 4.41. The summed E-state index contributed by atoms with van der Waals surface area (Å²) in [4.78, 5) is 13.4. The summed E-state index contributed by atoms with van der Waals surface area (Å²) in [5.41, 5.74) is 0.810. The molecule has 0 atom stereocenters. The summed E-state index contributed by atoms with van der Waals surface area (Å²) in [7, 11) is 0. The number of urea groups is 1. The van der Waals surface area contributed by atoms with E-state index in [-0.39, 0.29) is 6.03 Å². The second-order valence-corrected chi connectivity index (χ2v) is 3.12. The van der Waals surface area contributed by atoms with Gasteiger partial charge in [0.05, 0.1) is 0 Å². The molecule has 0 aliphatic rings. The molecule has 0 unspecified atom stereocenters. The summed E-state index contributed by atoms with van der Waals surface area (Å²) in [5.74, 6) is 0. The molecule has 0 aliphatic heterocycles. The Bertz CT molecular complexity index is 322. The van der Waals surface area contributed by atoms with E-state index in [1.807, 2.05) is 37.3 Å². The number of hydrogen-bond acceptors (Lipinski definition) is 1. The zero-order valence-electron chi connectivity index (χ0n) is 8.94. The van der Waals surface area contributed by atoms with Crippen molar-refractivity contribution in [2.45, 2.75) is 6.92 Å². The van der Waals surface area contributed by atoms with E-state index in [1.165, 1.54) is 0 Å². The summed E-state index contributed by atoms with van der Waals surface area (Å²) < 4.78 is 0. The van der Waals surface area contributed by atoms with Gasteiger partial charge in [-0.15, -0.1) is 6.58 Å². The average molecular weight is 204 g/mol. The van der Waals surface area contributed by atoms with Crippen LogP contribution in [-0.4, -0.2) is 24.0 Å². The summed E-state index contributed by atoms with van der Waals surface area (Å²) in [6, 6.07) is 9.32. The summed E-state index contributed by atoms with van der Waals surface area (Å²) >= 11 is 0. The number of nitrogens with zero attached hydrogens (tertiary/aromatic N) is 1. The summed E-state index contributed by atoms with van der Waals surface area (Å²) in [5, 5.41) is 2.82. The van der Waals surface area contributed by atoms with Gasteiger partial charge >= 0.3 is 6.03 Å². The molecule has 0 saturated carbocycles. The van der Waals surface area contributed by atoms with Crippen LogP contribution in [0.25, 0.3) is 0 Å². The molecular weight excluding hydrogens is 188 g/mol. The lowest BCUT2D eigenvalue weighted by molar-refractivity contribution is 0.219. The first-order valence-corrected chi connectivity index (χ1v) is 4.99. The maximum atomic E-state index is 11.7. The molecule has 0 aromatic heterocycles. The van der Waals surface area contributed by atoms with Gasteiger partial charge in [0, 0.05) is 18.8 Å². The molecule has 0 fully saturated rings. The van der Waals surface area contributed by atoms with Crippen LogP contribution in [0.5, 0.6) is 0 Å². The Balaban J connectivity index is 2.58. The first-order chi connectivity index (χ1) is 7.27. The molecule has 0 saturated heterocycles. The number of hydrogen-bond donors (Lipinski definition) is 1. The predicted octanol–water partition coefficient (Wildman–Crippen LogP) is 2.73. The Morgan fingerprint density at radius 3 is 2.67 bits per heavy atom. The van der Waals surface area contributed by atoms with Gasteiger partial charge in [-0.2, -0.15) is 0 Å². The van der Waals surface area contributed by atoms with Crippen LogP contribution in [0.1, 0.15) is 6.92 Å². The fourth-order valence-corrected chi connectivity index (χ4v) is 1.24. The van der Waals surface area contributed by atoms with E-state index in [4.69, 9.17) is 0 Å². The molecule has 1 N–H and O–H groups in total. The molecule has 15 heavy (non-hydrogen) atoms. The van der Waals surface area contributed by atoms with E-state index >= 15 is 0 Å². The first-order valence-electron chi connectivity index (χ1n) is 4.99. The van der Waals surface area contributed by atoms with Crippen molar-refractivity contribution < 1.29 is 4.79 Å². The second-order valence-electron chi connectivity index (χ2n) is 3.12. The minimum Gasteiger partial charge on any atom is -0.321 e. The standard InChI is InChI=1S/C12H16N2O/c1-3-10-14(4-2)12(15)13-11-8-6-5-7-9-11/h3,5-9H,1,4,10H2,2H3,(H,13,15). The van der Waals surface area contributed by atoms with Gasteiger partial charge in [0.25, 0.3) is 0 Å². The molecule has 80 valence electrons. The first kappa shape index (κ1) is 11.3. The zero-order valence-corrected chi connectivity index (χ0v) is 8.94. The molecule has 0 spiro atoms. The Hall–Kier alpha value is -1.77. The third kappa shape index (κ3) is 3.46. The van der Waals surface area contributed by atoms with Gasteiger partial charge in [0.15, 0.2) is 0 Å². The minimum absolute atomic E-state index is 0.0939. The smallest absolute Gasteiger partial charge is 0.321 e. The maximum Gasteiger partial charge on any atom is 0.322 e. The lowest BCUT2D eigenvalue weighted by Gasteiger charge is -2.19. The van der Waals surface area contributed by atoms with Crippen molar-refractivity contribution in [1.29, 1.82) is 0 Å². The molecule has 3 heteroatoms. The third-order valence-electron chi connectivity index (χ3n) is 2.04. The Morgan fingerprint density at radius 1 is 1.47 bits per heavy atom. The molecule has 2 amide bonds. The summed E-state index contributed by atoms with van der Waals surface area (Å²) in [6.45, 7) is 6.79. The molecule has 3 nitrogen and oxygen atoms in total. The molecule has 1 aromatic carbocycles. The van der Waals surface area contributed by atoms with Crippen molar-refractivity contribution in [1.82, 2.24) is 4.90 Å². The van der Waals surface area contributed by atoms with Gasteiger partial charge in [-0.3, -0.25) is 0 Å². The third-order valence-corrected chi connectivity index (χ3v) is 2.04. The molecule has 1 rings (SSSR count). The van der Waals surface area contributed by atoms with Gasteiger partial charge in [-0.1, -0.05) is 24.3 Å². The number of likely N-dealkylation sites (N-methyl/N-ethyl adjacent to an activating group) is 1. The van der Waals surface area contributed by atoms with Gasteiger partial charge in [-0.25, -0.2) is 4.79 Å². The van der Waals surface area contributed by atoms with Crippen LogP contribution in [0.3, 0.4) is 0 Å². The molecule has 0 bridgehead atoms. The van der Waals surface area contributed by atoms with Crippen LogP contribution in [0.2, 0.25) is 0 Å². The molecule has 0 radical (unpaired) electrons. The Morgan fingerprint density at radius 2 is 2.13 bits per heavy atom. The zero-order chi connectivity index (χ0) is 11.1. The number of nitrogens with one attached hydrogen (secondary N) is 1. The molecule has 1 aromatic rings. The van der Waals surface area contributed by atoms with Crippen LogP contribution in [0.4, 0.5) is 10.5 Å². The van der Waals surface area contributed by atoms with Crippen LogP contribution in [-0.2, 0) is 0 Å². The second kappa shape index (κ2) is 5.86. The number of carbonyl (C=O) groups is 1. The van der Waals surface area contributed by atoms with Crippen LogP contribution < -0.4 is 5.32 Å². The fourth-order valence-electron chi connectivity index (χ4n) is 1.24. The van der Waals surface area contributed by atoms with E-state index in [1.54, 1.807) is 11.0 Å². The number of benzene rings is 1. The van der Waals surface area contributed by atoms with Crippen LogP contribution >= 0.6 is 0 Å². The van der Waals surface area contributed by atoms with Gasteiger partial charge in [-0.05, 0) is 19.1 Å². The highest BCUT2D eigenvalue weighted by atomic mass is 16.2. The minimum atomic E-state index is -0.0939. The fraction of sp³-hybridized carbons (Fsp3) is 0.250. The highest BCUT2D eigenvalue weighted by molar-refractivity contribution is 5.89. The largest absolute Gasteiger partial charge is 0.322 e. The van der Waals surface area contributed by atoms with Crippen molar-refractivity contribution in [3.8, 4) is 0 Å². The molecule has 0 aliphatic carbocycles. The van der Waals surface area contributed by atoms with Crippen molar-refractivity contribution in [3.05, 3.63) is 43.0 Å². The maximum absolute atomic E-state index is 11.7. The lowest BCUT2D eigenvalue weighted by Crippen LogP contribution is -2.34. The highest BCUT2D eigenvalue weighted by Crippen LogP contribution is 2.06. The van der Waals surface area contributed by atoms with Crippen LogP contribution in [0.15, 0.2) is 43.0 Å². The molecule has 0 heterocycles. The van der Waals surface area contributed by atoms with E-state index < -0.39 is 0 Å². The summed E-state index contributed by atoms with van der Waals surface area (Å²) in [6.07, 6.45) is 1.72. The normalized spacial score (nSPS) is 9.40. The topological polar surface area (TPSA) is 32.3 Å². The number of carbonyl (C=O) groups excluding carboxylic acids is 1. The predicted molar refractivity (Wildman–Crippen MR) is 62.9 cm³/mol. The van der Waals surface area contributed by atoms with Crippen molar-refractivity contribution in [2.24, 2.45) is 0 Å². The van der Waals surface area contributed by atoms with Gasteiger partial charge in [0.1, 0.15) is 0 Å². The number of amides is 2. The van der Waals surface area contributed by atoms with E-state index in [2.05, 4.69) is 11.9 Å². The number of rotatable bonds is 4. The SMILES string of the molecule is C=CCN(CC)C(=O)Nc1ccccc1. The lowest BCUT2D eigenvalue weighted by atomic mass is 10.3. The van der Waals surface area contributed by atoms with E-state index in [9.17, 15) is 4.79 Å². The quantitative estimate of drug-likeness (QED) is 0.751. The monoisotopic (exact) mass is 204 g/mol. The highest BCUT2D eigenvalue weighted by Gasteiger charge is 2.08. The number of para-hydroxylation sites is 1. The van der Waals surface area contributed by atoms with E-state index in [0.717, 1.165) is 5.69 Å². The van der Waals surface area contributed by atoms with Crippen molar-refractivity contribution in [3.63, 3.8) is 0 Å². The van der Waals surface area contributed by atoms with Crippen molar-refractivity contribution in [2.75, 3.05) is 18.4 Å². The van der Waals surface area contributed by atoms with Gasteiger partial charge in [0.2, 0.25) is 0 Å². The van der Waals surface area contributed by atoms with Gasteiger partial charge < -0.3 is 10.2 Å². The number of anilines is 1. The van der Waals surface area contributed by atoms with Crippen LogP contribution in [0, 0.1) is 0 Å². The Labute approximate surface area is 90.4 Å².